The molecule has 3 rings (SSSR count). The summed E-state index contributed by atoms with van der Waals surface area (Å²) in [4.78, 5) is 35.5. The molecule has 0 N–H and O–H groups in total. The number of hydrogen-bond acceptors (Lipinski definition) is 7. The Bertz CT molecular complexity index is 908. The first kappa shape index (κ1) is 19.3. The molecule has 0 spiro atoms. The van der Waals surface area contributed by atoms with E-state index in [1.807, 2.05) is 4.90 Å². The maximum atomic E-state index is 12.3. The molecule has 0 bridgehead atoms. The van der Waals surface area contributed by atoms with Gasteiger partial charge in [-0.15, -0.1) is 0 Å². The lowest BCUT2D eigenvalue weighted by Gasteiger charge is -2.28. The third-order valence-corrected chi connectivity index (χ3v) is 4.60. The van der Waals surface area contributed by atoms with Crippen LogP contribution in [0.15, 0.2) is 42.5 Å². The van der Waals surface area contributed by atoms with Gasteiger partial charge < -0.3 is 9.64 Å². The highest BCUT2D eigenvalue weighted by Crippen LogP contribution is 2.31. The SMILES string of the molecule is O=C(OCc1cccc([N+](=O)[O-])c1)c1ccc(N2CCCCC2)c([N+](=O)[O-])c1. The van der Waals surface area contributed by atoms with Gasteiger partial charge in [-0.05, 0) is 37.0 Å². The number of nitro groups is 2. The van der Waals surface area contributed by atoms with Gasteiger partial charge >= 0.3 is 5.97 Å². The van der Waals surface area contributed by atoms with Gasteiger partial charge in [0.15, 0.2) is 0 Å². The van der Waals surface area contributed by atoms with Crippen molar-refractivity contribution in [1.29, 1.82) is 0 Å². The van der Waals surface area contributed by atoms with E-state index in [9.17, 15) is 25.0 Å². The van der Waals surface area contributed by atoms with E-state index in [1.165, 1.54) is 30.3 Å². The molecule has 2 aromatic carbocycles. The summed E-state index contributed by atoms with van der Waals surface area (Å²) in [5, 5.41) is 22.3. The predicted molar refractivity (Wildman–Crippen MR) is 101 cm³/mol. The number of piperidine rings is 1. The summed E-state index contributed by atoms with van der Waals surface area (Å²) in [6.07, 6.45) is 3.06. The molecule has 0 unspecified atom stereocenters. The summed E-state index contributed by atoms with van der Waals surface area (Å²) >= 11 is 0. The van der Waals surface area contributed by atoms with Crippen molar-refractivity contribution in [1.82, 2.24) is 0 Å². The van der Waals surface area contributed by atoms with E-state index in [-0.39, 0.29) is 23.5 Å². The normalized spacial score (nSPS) is 13.8. The Labute approximate surface area is 160 Å². The molecule has 0 aliphatic carbocycles. The second-order valence-corrected chi connectivity index (χ2v) is 6.51. The molecule has 9 nitrogen and oxygen atoms in total. The standard InChI is InChI=1S/C19H19N3O6/c23-19(28-13-14-5-4-6-16(11-14)21(24)25)15-7-8-17(18(12-15)22(26)27)20-9-2-1-3-10-20/h4-8,11-12H,1-3,9-10,13H2. The molecule has 0 aromatic heterocycles. The molecule has 1 aliphatic rings. The zero-order valence-corrected chi connectivity index (χ0v) is 15.1. The summed E-state index contributed by atoms with van der Waals surface area (Å²) < 4.78 is 5.17. The number of nitro benzene ring substituents is 2. The molecule has 146 valence electrons. The number of non-ortho nitro benzene ring substituents is 1. The van der Waals surface area contributed by atoms with Crippen molar-refractivity contribution in [3.63, 3.8) is 0 Å². The molecule has 28 heavy (non-hydrogen) atoms. The fraction of sp³-hybridized carbons (Fsp3) is 0.316. The Morgan fingerprint density at radius 1 is 1.00 bits per heavy atom. The van der Waals surface area contributed by atoms with Crippen molar-refractivity contribution in [2.45, 2.75) is 25.9 Å². The van der Waals surface area contributed by atoms with Crippen molar-refractivity contribution in [3.05, 3.63) is 73.8 Å². The van der Waals surface area contributed by atoms with Crippen molar-refractivity contribution in [2.75, 3.05) is 18.0 Å². The average Bonchev–Trinajstić information content (AvgIpc) is 2.72. The van der Waals surface area contributed by atoms with Crippen LogP contribution in [0, 0.1) is 20.2 Å². The number of benzene rings is 2. The van der Waals surface area contributed by atoms with Crippen molar-refractivity contribution in [2.24, 2.45) is 0 Å². The Hall–Kier alpha value is -3.49. The quantitative estimate of drug-likeness (QED) is 0.421. The van der Waals surface area contributed by atoms with Crippen LogP contribution in [0.25, 0.3) is 0 Å². The van der Waals surface area contributed by atoms with Crippen LogP contribution in [0.5, 0.6) is 0 Å². The maximum absolute atomic E-state index is 12.3. The van der Waals surface area contributed by atoms with E-state index < -0.39 is 15.8 Å². The molecule has 9 heteroatoms. The lowest BCUT2D eigenvalue weighted by Crippen LogP contribution is -2.30. The molecule has 0 saturated carbocycles. The second kappa shape index (κ2) is 8.47. The van der Waals surface area contributed by atoms with Crippen LogP contribution < -0.4 is 4.90 Å². The summed E-state index contributed by atoms with van der Waals surface area (Å²) in [5.41, 5.74) is 0.793. The van der Waals surface area contributed by atoms with E-state index in [0.717, 1.165) is 32.4 Å². The van der Waals surface area contributed by atoms with Gasteiger partial charge in [0, 0.05) is 31.3 Å². The predicted octanol–water partition coefficient (Wildman–Crippen LogP) is 3.85. The first-order valence-corrected chi connectivity index (χ1v) is 8.89. The number of hydrogen-bond donors (Lipinski definition) is 0. The van der Waals surface area contributed by atoms with Crippen LogP contribution in [0.1, 0.15) is 35.2 Å². The molecule has 0 amide bonds. The van der Waals surface area contributed by atoms with Gasteiger partial charge in [0.2, 0.25) is 0 Å². The maximum Gasteiger partial charge on any atom is 0.338 e. The van der Waals surface area contributed by atoms with E-state index >= 15 is 0 Å². The van der Waals surface area contributed by atoms with E-state index in [4.69, 9.17) is 4.74 Å². The van der Waals surface area contributed by atoms with E-state index in [2.05, 4.69) is 0 Å². The van der Waals surface area contributed by atoms with Crippen LogP contribution >= 0.6 is 0 Å². The lowest BCUT2D eigenvalue weighted by atomic mass is 10.1. The van der Waals surface area contributed by atoms with Crippen LogP contribution in [0.3, 0.4) is 0 Å². The highest BCUT2D eigenvalue weighted by Gasteiger charge is 2.23. The monoisotopic (exact) mass is 385 g/mol. The lowest BCUT2D eigenvalue weighted by molar-refractivity contribution is -0.385. The molecule has 1 heterocycles. The zero-order valence-electron chi connectivity index (χ0n) is 15.1. The second-order valence-electron chi connectivity index (χ2n) is 6.51. The van der Waals surface area contributed by atoms with Crippen LogP contribution in [-0.2, 0) is 11.3 Å². The Morgan fingerprint density at radius 2 is 1.75 bits per heavy atom. The highest BCUT2D eigenvalue weighted by molar-refractivity contribution is 5.91. The first-order chi connectivity index (χ1) is 13.5. The summed E-state index contributed by atoms with van der Waals surface area (Å²) in [6.45, 7) is 1.33. The average molecular weight is 385 g/mol. The summed E-state index contributed by atoms with van der Waals surface area (Å²) in [6, 6.07) is 10.1. The Kier molecular flexibility index (Phi) is 5.83. The smallest absolute Gasteiger partial charge is 0.338 e. The number of esters is 1. The topological polar surface area (TPSA) is 116 Å². The van der Waals surface area contributed by atoms with Gasteiger partial charge in [-0.1, -0.05) is 12.1 Å². The van der Waals surface area contributed by atoms with Gasteiger partial charge in [0.1, 0.15) is 12.3 Å². The summed E-state index contributed by atoms with van der Waals surface area (Å²) in [5.74, 6) is -0.722. The molecule has 1 saturated heterocycles. The van der Waals surface area contributed by atoms with Crippen LogP contribution in [-0.4, -0.2) is 28.9 Å². The fourth-order valence-electron chi connectivity index (χ4n) is 3.19. The van der Waals surface area contributed by atoms with E-state index in [0.29, 0.717) is 11.3 Å². The number of carbonyl (C=O) groups is 1. The fourth-order valence-corrected chi connectivity index (χ4v) is 3.19. The molecular weight excluding hydrogens is 366 g/mol. The van der Waals surface area contributed by atoms with Crippen molar-refractivity contribution >= 4 is 23.0 Å². The minimum Gasteiger partial charge on any atom is -0.457 e. The molecule has 2 aromatic rings. The molecule has 1 aliphatic heterocycles. The molecular formula is C19H19N3O6. The number of rotatable bonds is 6. The Morgan fingerprint density at radius 3 is 2.43 bits per heavy atom. The number of nitrogens with zero attached hydrogens (tertiary/aromatic N) is 3. The summed E-state index contributed by atoms with van der Waals surface area (Å²) in [7, 11) is 0. The van der Waals surface area contributed by atoms with Crippen LogP contribution in [0.4, 0.5) is 17.1 Å². The first-order valence-electron chi connectivity index (χ1n) is 8.89. The third-order valence-electron chi connectivity index (χ3n) is 4.60. The van der Waals surface area contributed by atoms with Gasteiger partial charge in [-0.3, -0.25) is 20.2 Å². The van der Waals surface area contributed by atoms with Gasteiger partial charge in [-0.2, -0.15) is 0 Å². The van der Waals surface area contributed by atoms with Gasteiger partial charge in [-0.25, -0.2) is 4.79 Å². The molecule has 0 atom stereocenters. The van der Waals surface area contributed by atoms with Crippen molar-refractivity contribution in [3.8, 4) is 0 Å². The Balaban J connectivity index is 1.74. The molecule has 0 radical (unpaired) electrons. The van der Waals surface area contributed by atoms with E-state index in [1.54, 1.807) is 12.1 Å². The highest BCUT2D eigenvalue weighted by atomic mass is 16.6. The van der Waals surface area contributed by atoms with Crippen LogP contribution in [0.2, 0.25) is 0 Å². The number of carbonyl (C=O) groups excluding carboxylic acids is 1. The molecule has 1 fully saturated rings. The van der Waals surface area contributed by atoms with Crippen molar-refractivity contribution < 1.29 is 19.4 Å². The minimum atomic E-state index is -0.722. The largest absolute Gasteiger partial charge is 0.457 e. The van der Waals surface area contributed by atoms with Gasteiger partial charge in [0.05, 0.1) is 15.4 Å². The minimum absolute atomic E-state index is 0.0675. The van der Waals surface area contributed by atoms with Gasteiger partial charge in [0.25, 0.3) is 11.4 Å². The number of ether oxygens (including phenoxy) is 1. The number of anilines is 1. The zero-order chi connectivity index (χ0) is 20.1. The third kappa shape index (κ3) is 4.43.